The first-order valence-corrected chi connectivity index (χ1v) is 11.2. The molecule has 0 spiro atoms. The number of pyridine rings is 1. The third-order valence-corrected chi connectivity index (χ3v) is 6.37. The van der Waals surface area contributed by atoms with E-state index in [4.69, 9.17) is 20.6 Å². The fourth-order valence-corrected chi connectivity index (χ4v) is 4.67. The van der Waals surface area contributed by atoms with Crippen molar-refractivity contribution in [3.8, 4) is 29.0 Å². The number of nitrogens with two attached hydrogens (primary N) is 1. The number of nitriles is 1. The zero-order valence-electron chi connectivity index (χ0n) is 19.2. The van der Waals surface area contributed by atoms with Crippen LogP contribution in [0.25, 0.3) is 28.0 Å². The summed E-state index contributed by atoms with van der Waals surface area (Å²) >= 11 is 0. The average molecular weight is 460 g/mol. The van der Waals surface area contributed by atoms with Crippen LogP contribution < -0.4 is 10.5 Å². The van der Waals surface area contributed by atoms with Crippen molar-refractivity contribution in [2.24, 2.45) is 12.8 Å². The predicted molar refractivity (Wildman–Crippen MR) is 132 cm³/mol. The maximum absolute atomic E-state index is 10.0. The fourth-order valence-electron chi connectivity index (χ4n) is 4.67. The summed E-state index contributed by atoms with van der Waals surface area (Å²) in [5, 5.41) is 15.8. The van der Waals surface area contributed by atoms with Gasteiger partial charge in [-0.2, -0.15) is 10.4 Å². The second kappa shape index (κ2) is 7.85. The third-order valence-electron chi connectivity index (χ3n) is 6.37. The Bertz CT molecular complexity index is 1670. The van der Waals surface area contributed by atoms with Crippen molar-refractivity contribution < 1.29 is 4.74 Å². The van der Waals surface area contributed by atoms with Crippen LogP contribution in [0.4, 0.5) is 0 Å². The summed E-state index contributed by atoms with van der Waals surface area (Å²) in [6, 6.07) is 22.2. The second-order valence-electron chi connectivity index (χ2n) is 8.44. The van der Waals surface area contributed by atoms with Gasteiger partial charge in [0.25, 0.3) is 0 Å². The zero-order chi connectivity index (χ0) is 24.1. The van der Waals surface area contributed by atoms with Crippen LogP contribution in [-0.4, -0.2) is 24.3 Å². The number of ether oxygens (including phenoxy) is 1. The number of aryl methyl sites for hydroxylation is 2. The summed E-state index contributed by atoms with van der Waals surface area (Å²) in [6.45, 7) is 1.95. The van der Waals surface area contributed by atoms with Crippen molar-refractivity contribution in [3.05, 3.63) is 101 Å². The van der Waals surface area contributed by atoms with Crippen molar-refractivity contribution in [2.75, 3.05) is 0 Å². The minimum Gasteiger partial charge on any atom is -0.422 e. The molecule has 3 aromatic heterocycles. The molecule has 1 atom stereocenters. The molecule has 6 rings (SSSR count). The Balaban J connectivity index is 1.53. The Labute approximate surface area is 201 Å². The normalized spacial score (nSPS) is 15.1. The number of aromatic nitrogens is 5. The van der Waals surface area contributed by atoms with Gasteiger partial charge in [0.2, 0.25) is 11.8 Å². The lowest BCUT2D eigenvalue weighted by atomic mass is 9.83. The van der Waals surface area contributed by atoms with Crippen molar-refractivity contribution in [2.45, 2.75) is 12.8 Å². The molecule has 5 aromatic rings. The molecule has 1 unspecified atom stereocenters. The fraction of sp³-hybridized carbons (Fsp3) is 0.111. The molecule has 4 heterocycles. The smallest absolute Gasteiger partial charge is 0.224 e. The lowest BCUT2D eigenvalue weighted by molar-refractivity contribution is 0.358. The molecule has 0 bridgehead atoms. The first-order chi connectivity index (χ1) is 17.0. The van der Waals surface area contributed by atoms with Gasteiger partial charge >= 0.3 is 0 Å². The molecule has 0 radical (unpaired) electrons. The molecule has 35 heavy (non-hydrogen) atoms. The van der Waals surface area contributed by atoms with Crippen molar-refractivity contribution in [1.82, 2.24) is 24.3 Å². The van der Waals surface area contributed by atoms with Gasteiger partial charge < -0.3 is 15.0 Å². The van der Waals surface area contributed by atoms with E-state index in [1.165, 1.54) is 0 Å². The molecule has 0 saturated heterocycles. The van der Waals surface area contributed by atoms with E-state index < -0.39 is 5.92 Å². The van der Waals surface area contributed by atoms with E-state index in [9.17, 15) is 5.26 Å². The van der Waals surface area contributed by atoms with E-state index in [0.717, 1.165) is 33.5 Å². The molecule has 2 N–H and O–H groups in total. The second-order valence-corrected chi connectivity index (χ2v) is 8.44. The Morgan fingerprint density at radius 2 is 1.86 bits per heavy atom. The van der Waals surface area contributed by atoms with E-state index in [1.807, 2.05) is 78.4 Å². The summed E-state index contributed by atoms with van der Waals surface area (Å²) in [5.74, 6) is 1.04. The molecule has 1 aliphatic rings. The lowest BCUT2D eigenvalue weighted by Crippen LogP contribution is -2.22. The topological polar surface area (TPSA) is 108 Å². The maximum atomic E-state index is 10.0. The quantitative estimate of drug-likeness (QED) is 0.430. The molecule has 8 heteroatoms. The highest BCUT2D eigenvalue weighted by Gasteiger charge is 2.37. The largest absolute Gasteiger partial charge is 0.422 e. The molecule has 0 fully saturated rings. The van der Waals surface area contributed by atoms with Gasteiger partial charge in [-0.25, -0.2) is 14.6 Å². The number of hydrogen-bond donors (Lipinski definition) is 1. The molecular formula is C27H21N7O. The van der Waals surface area contributed by atoms with E-state index in [1.54, 1.807) is 17.9 Å². The van der Waals surface area contributed by atoms with Crippen LogP contribution in [0.15, 0.2) is 84.5 Å². The van der Waals surface area contributed by atoms with Gasteiger partial charge in [-0.15, -0.1) is 0 Å². The number of rotatable bonds is 3. The number of hydrogen-bond acceptors (Lipinski definition) is 6. The van der Waals surface area contributed by atoms with Crippen LogP contribution in [0.1, 0.15) is 22.9 Å². The van der Waals surface area contributed by atoms with Crippen LogP contribution >= 0.6 is 0 Å². The summed E-state index contributed by atoms with van der Waals surface area (Å²) in [7, 11) is 1.80. The maximum Gasteiger partial charge on any atom is 0.224 e. The van der Waals surface area contributed by atoms with E-state index in [-0.39, 0.29) is 5.88 Å². The van der Waals surface area contributed by atoms with Gasteiger partial charge in [-0.1, -0.05) is 36.4 Å². The summed E-state index contributed by atoms with van der Waals surface area (Å²) in [5.41, 5.74) is 11.5. The molecule has 2 aromatic carbocycles. The number of para-hydroxylation sites is 1. The standard InChI is InChI=1S/C27H21N7O/c1-16-30-13-14-34(16)19-10-7-18(8-11-19)23-20(15-28)26(29)35-27-24(23)25(32-33(27)2)22-12-9-17-5-3-4-6-21(17)31-22/h3-14,23H,29H2,1-2H3. The first kappa shape index (κ1) is 20.7. The monoisotopic (exact) mass is 459 g/mol. The first-order valence-electron chi connectivity index (χ1n) is 11.2. The van der Waals surface area contributed by atoms with E-state index in [0.29, 0.717) is 22.8 Å². The molecule has 1 aliphatic heterocycles. The van der Waals surface area contributed by atoms with Gasteiger partial charge in [-0.3, -0.25) is 0 Å². The third kappa shape index (κ3) is 3.25. The average Bonchev–Trinajstić information content (AvgIpc) is 3.46. The summed E-state index contributed by atoms with van der Waals surface area (Å²) in [6.07, 6.45) is 3.68. The van der Waals surface area contributed by atoms with E-state index in [2.05, 4.69) is 11.1 Å². The van der Waals surface area contributed by atoms with Gasteiger partial charge in [0.05, 0.1) is 22.7 Å². The van der Waals surface area contributed by atoms with Crippen LogP contribution in [0, 0.1) is 18.3 Å². The molecule has 0 aliphatic carbocycles. The van der Waals surface area contributed by atoms with E-state index >= 15 is 0 Å². The van der Waals surface area contributed by atoms with Crippen LogP contribution in [0.3, 0.4) is 0 Å². The highest BCUT2D eigenvalue weighted by molar-refractivity contribution is 5.82. The Hall–Kier alpha value is -4.90. The lowest BCUT2D eigenvalue weighted by Gasteiger charge is -2.25. The molecule has 0 saturated carbocycles. The van der Waals surface area contributed by atoms with Gasteiger partial charge in [0, 0.05) is 30.5 Å². The van der Waals surface area contributed by atoms with Gasteiger partial charge in [-0.05, 0) is 36.8 Å². The van der Waals surface area contributed by atoms with Gasteiger partial charge in [0.15, 0.2) is 0 Å². The van der Waals surface area contributed by atoms with Crippen LogP contribution in [-0.2, 0) is 7.05 Å². The Kier molecular flexibility index (Phi) is 4.64. The molecular weight excluding hydrogens is 438 g/mol. The summed E-state index contributed by atoms with van der Waals surface area (Å²) < 4.78 is 9.56. The van der Waals surface area contributed by atoms with Crippen molar-refractivity contribution >= 4 is 10.9 Å². The minimum absolute atomic E-state index is 0.0838. The van der Waals surface area contributed by atoms with Crippen molar-refractivity contribution in [1.29, 1.82) is 5.26 Å². The number of imidazole rings is 1. The Morgan fingerprint density at radius 3 is 2.60 bits per heavy atom. The van der Waals surface area contributed by atoms with Gasteiger partial charge in [0.1, 0.15) is 23.2 Å². The van der Waals surface area contributed by atoms with Crippen LogP contribution in [0.5, 0.6) is 5.88 Å². The zero-order valence-corrected chi connectivity index (χ0v) is 19.2. The minimum atomic E-state index is -0.446. The van der Waals surface area contributed by atoms with Crippen molar-refractivity contribution in [3.63, 3.8) is 0 Å². The number of benzene rings is 2. The molecule has 8 nitrogen and oxygen atoms in total. The van der Waals surface area contributed by atoms with Crippen LogP contribution in [0.2, 0.25) is 0 Å². The number of fused-ring (bicyclic) bond motifs is 2. The summed E-state index contributed by atoms with van der Waals surface area (Å²) in [4.78, 5) is 9.15. The number of nitrogens with zero attached hydrogens (tertiary/aromatic N) is 6. The Morgan fingerprint density at radius 1 is 1.06 bits per heavy atom. The predicted octanol–water partition coefficient (Wildman–Crippen LogP) is 4.35. The highest BCUT2D eigenvalue weighted by Crippen LogP contribution is 2.46. The highest BCUT2D eigenvalue weighted by atomic mass is 16.5. The molecule has 0 amide bonds. The molecule has 170 valence electrons. The SMILES string of the molecule is Cc1nccn1-c1ccc(C2C(C#N)=C(N)Oc3c2c(-c2ccc4ccccc4n2)nn3C)cc1. The number of allylic oxidation sites excluding steroid dienone is 1.